The molecule has 0 saturated carbocycles. The Kier molecular flexibility index (Phi) is 5.62. The minimum Gasteiger partial charge on any atom is -0.325 e. The Morgan fingerprint density at radius 3 is 2.59 bits per heavy atom. The van der Waals surface area contributed by atoms with Gasteiger partial charge in [0.15, 0.2) is 0 Å². The highest BCUT2D eigenvalue weighted by Crippen LogP contribution is 2.34. The number of hydrogen-bond acceptors (Lipinski definition) is 4. The molecule has 3 amide bonds. The van der Waals surface area contributed by atoms with Gasteiger partial charge in [-0.05, 0) is 49.0 Å². The number of carbonyl (C=O) groups excluding carboxylic acids is 3. The zero-order chi connectivity index (χ0) is 19.6. The van der Waals surface area contributed by atoms with Crippen LogP contribution in [0.2, 0.25) is 5.02 Å². The molecule has 1 fully saturated rings. The van der Waals surface area contributed by atoms with Crippen molar-refractivity contribution in [2.75, 3.05) is 11.9 Å². The van der Waals surface area contributed by atoms with Crippen LogP contribution >= 0.6 is 23.4 Å². The summed E-state index contributed by atoms with van der Waals surface area (Å²) in [5, 5.41) is 2.15. The van der Waals surface area contributed by atoms with Gasteiger partial charge in [0.25, 0.3) is 11.1 Å². The third-order valence-corrected chi connectivity index (χ3v) is 5.02. The molecule has 0 bridgehead atoms. The van der Waals surface area contributed by atoms with Crippen LogP contribution in [0, 0.1) is 12.7 Å². The summed E-state index contributed by atoms with van der Waals surface area (Å²) >= 11 is 6.58. The SMILES string of the molecule is Cc1ccc(NC(=O)CN2C(=O)SC(=Cc3c(F)cccc3Cl)C2=O)cc1. The van der Waals surface area contributed by atoms with Gasteiger partial charge in [-0.15, -0.1) is 0 Å². The van der Waals surface area contributed by atoms with Gasteiger partial charge < -0.3 is 5.32 Å². The van der Waals surface area contributed by atoms with Crippen LogP contribution in [0.1, 0.15) is 11.1 Å². The van der Waals surface area contributed by atoms with Crippen LogP contribution in [0.5, 0.6) is 0 Å². The van der Waals surface area contributed by atoms with Crippen molar-refractivity contribution in [3.05, 3.63) is 69.3 Å². The zero-order valence-corrected chi connectivity index (χ0v) is 15.7. The van der Waals surface area contributed by atoms with E-state index in [1.54, 1.807) is 12.1 Å². The summed E-state index contributed by atoms with van der Waals surface area (Å²) < 4.78 is 13.9. The van der Waals surface area contributed by atoms with E-state index in [-0.39, 0.29) is 15.5 Å². The average Bonchev–Trinajstić information content (AvgIpc) is 2.88. The van der Waals surface area contributed by atoms with Crippen molar-refractivity contribution >= 4 is 52.2 Å². The number of imide groups is 1. The maximum Gasteiger partial charge on any atom is 0.294 e. The van der Waals surface area contributed by atoms with Gasteiger partial charge in [0.1, 0.15) is 12.4 Å². The quantitative estimate of drug-likeness (QED) is 0.764. The van der Waals surface area contributed by atoms with Crippen molar-refractivity contribution in [3.63, 3.8) is 0 Å². The fourth-order valence-corrected chi connectivity index (χ4v) is 3.43. The summed E-state index contributed by atoms with van der Waals surface area (Å²) in [6, 6.07) is 11.2. The predicted molar refractivity (Wildman–Crippen MR) is 104 cm³/mol. The van der Waals surface area contributed by atoms with Crippen LogP contribution in [0.25, 0.3) is 6.08 Å². The third-order valence-electron chi connectivity index (χ3n) is 3.79. The van der Waals surface area contributed by atoms with Gasteiger partial charge in [0.2, 0.25) is 5.91 Å². The van der Waals surface area contributed by atoms with Crippen molar-refractivity contribution in [2.45, 2.75) is 6.92 Å². The van der Waals surface area contributed by atoms with Gasteiger partial charge in [-0.2, -0.15) is 0 Å². The smallest absolute Gasteiger partial charge is 0.294 e. The zero-order valence-electron chi connectivity index (χ0n) is 14.2. The lowest BCUT2D eigenvalue weighted by Crippen LogP contribution is -2.36. The molecule has 8 heteroatoms. The van der Waals surface area contributed by atoms with Crippen LogP contribution in [-0.2, 0) is 9.59 Å². The Morgan fingerprint density at radius 1 is 1.22 bits per heavy atom. The molecule has 1 saturated heterocycles. The van der Waals surface area contributed by atoms with Crippen LogP contribution in [0.3, 0.4) is 0 Å². The highest BCUT2D eigenvalue weighted by atomic mass is 35.5. The van der Waals surface area contributed by atoms with E-state index in [0.29, 0.717) is 17.4 Å². The number of anilines is 1. The Balaban J connectivity index is 1.73. The monoisotopic (exact) mass is 404 g/mol. The van der Waals surface area contributed by atoms with E-state index in [4.69, 9.17) is 11.6 Å². The van der Waals surface area contributed by atoms with Crippen molar-refractivity contribution in [1.29, 1.82) is 0 Å². The van der Waals surface area contributed by atoms with E-state index in [2.05, 4.69) is 5.32 Å². The number of hydrogen-bond donors (Lipinski definition) is 1. The fraction of sp³-hybridized carbons (Fsp3) is 0.105. The number of rotatable bonds is 4. The van der Waals surface area contributed by atoms with Gasteiger partial charge in [-0.1, -0.05) is 35.4 Å². The molecule has 0 radical (unpaired) electrons. The summed E-state index contributed by atoms with van der Waals surface area (Å²) in [7, 11) is 0. The average molecular weight is 405 g/mol. The second kappa shape index (κ2) is 7.94. The molecular weight excluding hydrogens is 391 g/mol. The number of thioether (sulfide) groups is 1. The molecule has 3 rings (SSSR count). The molecule has 1 aliphatic heterocycles. The Labute approximate surface area is 164 Å². The standard InChI is InChI=1S/C19H14ClFN2O3S/c1-11-5-7-12(8-6-11)22-17(24)10-23-18(25)16(27-19(23)26)9-13-14(20)3-2-4-15(13)21/h2-9H,10H2,1H3,(H,22,24). The normalized spacial score (nSPS) is 15.5. The molecule has 1 N–H and O–H groups in total. The molecule has 1 heterocycles. The molecule has 2 aromatic carbocycles. The van der Waals surface area contributed by atoms with E-state index >= 15 is 0 Å². The molecule has 0 aliphatic carbocycles. The number of nitrogens with one attached hydrogen (secondary N) is 1. The first-order chi connectivity index (χ1) is 12.8. The second-order valence-corrected chi connectivity index (χ2v) is 7.22. The van der Waals surface area contributed by atoms with Gasteiger partial charge in [0, 0.05) is 11.3 Å². The van der Waals surface area contributed by atoms with Crippen LogP contribution in [0.15, 0.2) is 47.4 Å². The number of aryl methyl sites for hydroxylation is 1. The highest BCUT2D eigenvalue weighted by Gasteiger charge is 2.36. The molecule has 5 nitrogen and oxygen atoms in total. The van der Waals surface area contributed by atoms with E-state index in [1.807, 2.05) is 19.1 Å². The first-order valence-corrected chi connectivity index (χ1v) is 9.10. The molecule has 0 atom stereocenters. The fourth-order valence-electron chi connectivity index (χ4n) is 2.40. The maximum absolute atomic E-state index is 13.9. The number of carbonyl (C=O) groups is 3. The molecule has 0 spiro atoms. The van der Waals surface area contributed by atoms with Gasteiger partial charge in [-0.3, -0.25) is 19.3 Å². The van der Waals surface area contributed by atoms with Crippen molar-refractivity contribution in [2.24, 2.45) is 0 Å². The van der Waals surface area contributed by atoms with Gasteiger partial charge in [-0.25, -0.2) is 4.39 Å². The van der Waals surface area contributed by atoms with Crippen LogP contribution in [0.4, 0.5) is 14.9 Å². The summed E-state index contributed by atoms with van der Waals surface area (Å²) in [6.07, 6.45) is 1.22. The van der Waals surface area contributed by atoms with Crippen LogP contribution in [-0.4, -0.2) is 28.5 Å². The molecular formula is C19H14ClFN2O3S. The van der Waals surface area contributed by atoms with Gasteiger partial charge in [0.05, 0.1) is 9.93 Å². The van der Waals surface area contributed by atoms with Crippen molar-refractivity contribution < 1.29 is 18.8 Å². The largest absolute Gasteiger partial charge is 0.325 e. The van der Waals surface area contributed by atoms with Crippen LogP contribution < -0.4 is 5.32 Å². The first kappa shape index (κ1) is 19.1. The number of halogens is 2. The number of amides is 3. The summed E-state index contributed by atoms with van der Waals surface area (Å²) in [5.74, 6) is -1.78. The van der Waals surface area contributed by atoms with Crippen molar-refractivity contribution in [1.82, 2.24) is 4.90 Å². The topological polar surface area (TPSA) is 66.5 Å². The third kappa shape index (κ3) is 4.37. The van der Waals surface area contributed by atoms with E-state index < -0.39 is 29.4 Å². The van der Waals surface area contributed by atoms with Gasteiger partial charge >= 0.3 is 0 Å². The molecule has 27 heavy (non-hydrogen) atoms. The second-order valence-electron chi connectivity index (χ2n) is 5.82. The summed E-state index contributed by atoms with van der Waals surface area (Å²) in [6.45, 7) is 1.49. The van der Waals surface area contributed by atoms with E-state index in [9.17, 15) is 18.8 Å². The number of nitrogens with zero attached hydrogens (tertiary/aromatic N) is 1. The Hall–Kier alpha value is -2.64. The lowest BCUT2D eigenvalue weighted by molar-refractivity contribution is -0.127. The lowest BCUT2D eigenvalue weighted by atomic mass is 10.2. The maximum atomic E-state index is 13.9. The molecule has 1 aliphatic rings. The van der Waals surface area contributed by atoms with E-state index in [1.165, 1.54) is 24.3 Å². The summed E-state index contributed by atoms with van der Waals surface area (Å²) in [5.41, 5.74) is 1.62. The van der Waals surface area contributed by atoms with E-state index in [0.717, 1.165) is 10.5 Å². The lowest BCUT2D eigenvalue weighted by Gasteiger charge is -2.12. The molecule has 0 unspecified atom stereocenters. The Morgan fingerprint density at radius 2 is 1.93 bits per heavy atom. The minimum atomic E-state index is -0.664. The molecule has 138 valence electrons. The molecule has 0 aromatic heterocycles. The van der Waals surface area contributed by atoms with Crippen molar-refractivity contribution in [3.8, 4) is 0 Å². The number of benzene rings is 2. The minimum absolute atomic E-state index is 0.00939. The predicted octanol–water partition coefficient (Wildman–Crippen LogP) is 4.46. The molecule has 2 aromatic rings. The summed E-state index contributed by atoms with van der Waals surface area (Å²) in [4.78, 5) is 37.5. The Bertz CT molecular complexity index is 940. The first-order valence-electron chi connectivity index (χ1n) is 7.91. The highest BCUT2D eigenvalue weighted by molar-refractivity contribution is 8.18.